The Balaban J connectivity index is 1.73. The molecule has 0 aliphatic carbocycles. The first-order valence-electron chi connectivity index (χ1n) is 6.30. The molecule has 0 bridgehead atoms. The lowest BCUT2D eigenvalue weighted by molar-refractivity contribution is 0.734. The number of hydrogen-bond donors (Lipinski definition) is 2. The van der Waals surface area contributed by atoms with E-state index in [4.69, 9.17) is 0 Å². The lowest BCUT2D eigenvalue weighted by Gasteiger charge is -2.03. The Morgan fingerprint density at radius 2 is 0.889 bits per heavy atom. The van der Waals surface area contributed by atoms with Gasteiger partial charge >= 0.3 is 0 Å². The van der Waals surface area contributed by atoms with Crippen LogP contribution in [0.25, 0.3) is 0 Å². The Labute approximate surface area is 120 Å². The van der Waals surface area contributed by atoms with E-state index in [0.29, 0.717) is 0 Å². The van der Waals surface area contributed by atoms with Gasteiger partial charge in [0, 0.05) is 9.79 Å². The molecule has 0 atom stereocenters. The van der Waals surface area contributed by atoms with Crippen LogP contribution in [0.3, 0.4) is 0 Å². The Bertz CT molecular complexity index is 424. The average Bonchev–Trinajstić information content (AvgIpc) is 2.39. The molecule has 0 nitrogen and oxygen atoms in total. The molecule has 0 fully saturated rings. The normalized spacial score (nSPS) is 10.6. The quantitative estimate of drug-likeness (QED) is 0.566. The van der Waals surface area contributed by atoms with Crippen molar-refractivity contribution in [2.75, 3.05) is 0 Å². The van der Waals surface area contributed by atoms with E-state index in [1.807, 2.05) is 0 Å². The summed E-state index contributed by atoms with van der Waals surface area (Å²) in [5.74, 6) is 0. The first-order valence-corrected chi connectivity index (χ1v) is 7.19. The smallest absolute Gasteiger partial charge is 0.00401 e. The molecule has 2 aromatic carbocycles. The van der Waals surface area contributed by atoms with Crippen molar-refractivity contribution in [1.82, 2.24) is 0 Å². The predicted octanol–water partition coefficient (Wildman–Crippen LogP) is 4.83. The Morgan fingerprint density at radius 1 is 0.556 bits per heavy atom. The SMILES string of the molecule is Sc1ccc(CCCCc2ccc(S)cc2)cc1. The van der Waals surface area contributed by atoms with Gasteiger partial charge in [0.2, 0.25) is 0 Å². The number of benzene rings is 2. The summed E-state index contributed by atoms with van der Waals surface area (Å²) in [6.45, 7) is 0. The first kappa shape index (κ1) is 13.6. The molecule has 0 aliphatic rings. The monoisotopic (exact) mass is 274 g/mol. The van der Waals surface area contributed by atoms with E-state index in [0.717, 1.165) is 22.6 Å². The average molecular weight is 274 g/mol. The van der Waals surface area contributed by atoms with Crippen LogP contribution < -0.4 is 0 Å². The van der Waals surface area contributed by atoms with Crippen LogP contribution in [0.4, 0.5) is 0 Å². The second-order valence-electron chi connectivity index (χ2n) is 4.54. The highest BCUT2D eigenvalue weighted by Gasteiger charge is 1.96. The van der Waals surface area contributed by atoms with Crippen molar-refractivity contribution in [3.63, 3.8) is 0 Å². The van der Waals surface area contributed by atoms with Crippen LogP contribution in [-0.4, -0.2) is 0 Å². The largest absolute Gasteiger partial charge is 0.143 e. The van der Waals surface area contributed by atoms with Crippen molar-refractivity contribution in [2.24, 2.45) is 0 Å². The number of rotatable bonds is 5. The second kappa shape index (κ2) is 6.91. The van der Waals surface area contributed by atoms with Crippen molar-refractivity contribution >= 4 is 25.3 Å². The third-order valence-electron chi connectivity index (χ3n) is 3.05. The number of unbranched alkanes of at least 4 members (excludes halogenated alkanes) is 1. The maximum Gasteiger partial charge on any atom is 0.00401 e. The Kier molecular flexibility index (Phi) is 5.21. The molecule has 0 aromatic heterocycles. The van der Waals surface area contributed by atoms with Crippen LogP contribution in [0, 0.1) is 0 Å². The second-order valence-corrected chi connectivity index (χ2v) is 5.57. The first-order chi connectivity index (χ1) is 8.74. The highest BCUT2D eigenvalue weighted by atomic mass is 32.1. The topological polar surface area (TPSA) is 0 Å². The van der Waals surface area contributed by atoms with Gasteiger partial charge in [-0.1, -0.05) is 24.3 Å². The molecule has 0 saturated heterocycles. The van der Waals surface area contributed by atoms with E-state index >= 15 is 0 Å². The van der Waals surface area contributed by atoms with E-state index in [1.54, 1.807) is 0 Å². The summed E-state index contributed by atoms with van der Waals surface area (Å²) in [5.41, 5.74) is 2.80. The fraction of sp³-hybridized carbons (Fsp3) is 0.250. The molecule has 0 spiro atoms. The predicted molar refractivity (Wildman–Crippen MR) is 84.0 cm³/mol. The van der Waals surface area contributed by atoms with Gasteiger partial charge < -0.3 is 0 Å². The summed E-state index contributed by atoms with van der Waals surface area (Å²) < 4.78 is 0. The van der Waals surface area contributed by atoms with Crippen molar-refractivity contribution < 1.29 is 0 Å². The highest BCUT2D eigenvalue weighted by Crippen LogP contribution is 2.13. The Morgan fingerprint density at radius 3 is 1.22 bits per heavy atom. The Hall–Kier alpha value is -0.860. The van der Waals surface area contributed by atoms with E-state index in [1.165, 1.54) is 24.0 Å². The van der Waals surface area contributed by atoms with Gasteiger partial charge in [0.05, 0.1) is 0 Å². The van der Waals surface area contributed by atoms with E-state index in [-0.39, 0.29) is 0 Å². The molecule has 0 saturated carbocycles. The van der Waals surface area contributed by atoms with Gasteiger partial charge in [0.15, 0.2) is 0 Å². The van der Waals surface area contributed by atoms with Gasteiger partial charge in [0.25, 0.3) is 0 Å². The zero-order chi connectivity index (χ0) is 12.8. The van der Waals surface area contributed by atoms with E-state index < -0.39 is 0 Å². The van der Waals surface area contributed by atoms with Crippen LogP contribution in [0.1, 0.15) is 24.0 Å². The summed E-state index contributed by atoms with van der Waals surface area (Å²) in [4.78, 5) is 2.07. The lowest BCUT2D eigenvalue weighted by Crippen LogP contribution is -1.89. The summed E-state index contributed by atoms with van der Waals surface area (Å²) in [7, 11) is 0. The summed E-state index contributed by atoms with van der Waals surface area (Å²) in [5, 5.41) is 0. The minimum absolute atomic E-state index is 1.03. The summed E-state index contributed by atoms with van der Waals surface area (Å²) >= 11 is 8.58. The maximum absolute atomic E-state index is 4.29. The molecule has 0 heterocycles. The summed E-state index contributed by atoms with van der Waals surface area (Å²) in [6, 6.07) is 16.9. The molecular formula is C16H18S2. The van der Waals surface area contributed by atoms with Gasteiger partial charge in [-0.3, -0.25) is 0 Å². The minimum atomic E-state index is 1.03. The lowest BCUT2D eigenvalue weighted by atomic mass is 10.0. The maximum atomic E-state index is 4.29. The van der Waals surface area contributed by atoms with Crippen LogP contribution >= 0.6 is 25.3 Å². The van der Waals surface area contributed by atoms with E-state index in [9.17, 15) is 0 Å². The molecule has 0 amide bonds. The highest BCUT2D eigenvalue weighted by molar-refractivity contribution is 7.80. The zero-order valence-corrected chi connectivity index (χ0v) is 12.1. The van der Waals surface area contributed by atoms with Crippen LogP contribution in [0.15, 0.2) is 58.3 Å². The fourth-order valence-corrected chi connectivity index (χ4v) is 2.28. The van der Waals surface area contributed by atoms with Crippen molar-refractivity contribution in [3.05, 3.63) is 59.7 Å². The summed E-state index contributed by atoms with van der Waals surface area (Å²) in [6.07, 6.45) is 4.76. The molecule has 2 rings (SSSR count). The third-order valence-corrected chi connectivity index (χ3v) is 3.65. The van der Waals surface area contributed by atoms with Crippen LogP contribution in [0.5, 0.6) is 0 Å². The molecule has 0 unspecified atom stereocenters. The van der Waals surface area contributed by atoms with Gasteiger partial charge in [-0.15, -0.1) is 25.3 Å². The van der Waals surface area contributed by atoms with Crippen LogP contribution in [-0.2, 0) is 12.8 Å². The molecule has 0 N–H and O–H groups in total. The molecule has 0 aliphatic heterocycles. The molecule has 18 heavy (non-hydrogen) atoms. The van der Waals surface area contributed by atoms with Gasteiger partial charge in [-0.2, -0.15) is 0 Å². The third kappa shape index (κ3) is 4.43. The van der Waals surface area contributed by atoms with Crippen molar-refractivity contribution in [1.29, 1.82) is 0 Å². The number of thiol groups is 2. The minimum Gasteiger partial charge on any atom is -0.143 e. The molecule has 2 aromatic rings. The van der Waals surface area contributed by atoms with E-state index in [2.05, 4.69) is 73.8 Å². The molecule has 2 heteroatoms. The standard InChI is InChI=1S/C16H18S2/c17-15-9-5-13(6-10-15)3-1-2-4-14-7-11-16(18)12-8-14/h5-12,17-18H,1-4H2. The van der Waals surface area contributed by atoms with Crippen LogP contribution in [0.2, 0.25) is 0 Å². The van der Waals surface area contributed by atoms with Crippen molar-refractivity contribution in [2.45, 2.75) is 35.5 Å². The fourth-order valence-electron chi connectivity index (χ4n) is 1.98. The van der Waals surface area contributed by atoms with Gasteiger partial charge in [-0.05, 0) is 61.1 Å². The molecule has 94 valence electrons. The van der Waals surface area contributed by atoms with Gasteiger partial charge in [-0.25, -0.2) is 0 Å². The molecule has 0 radical (unpaired) electrons. The van der Waals surface area contributed by atoms with Gasteiger partial charge in [0.1, 0.15) is 0 Å². The van der Waals surface area contributed by atoms with Crippen molar-refractivity contribution in [3.8, 4) is 0 Å². The zero-order valence-electron chi connectivity index (χ0n) is 10.3. The molecular weight excluding hydrogens is 256 g/mol. The number of hydrogen-bond acceptors (Lipinski definition) is 2. The number of aryl methyl sites for hydroxylation is 2.